The van der Waals surface area contributed by atoms with Crippen LogP contribution < -0.4 is 5.32 Å². The fourth-order valence-electron chi connectivity index (χ4n) is 10.5. The van der Waals surface area contributed by atoms with Gasteiger partial charge in [-0.3, -0.25) is 9.59 Å². The number of aliphatic hydroxyl groups excluding tert-OH is 2. The minimum absolute atomic E-state index is 0.000905. The highest BCUT2D eigenvalue weighted by Crippen LogP contribution is 2.19. The first-order valence-electron chi connectivity index (χ1n) is 32.9. The van der Waals surface area contributed by atoms with E-state index in [1.54, 1.807) is 0 Å². The fraction of sp³-hybridized carbons (Fsp3) is 0.939. The van der Waals surface area contributed by atoms with Crippen LogP contribution >= 0.6 is 0 Å². The first-order chi connectivity index (χ1) is 35.5. The van der Waals surface area contributed by atoms with Gasteiger partial charge in [-0.2, -0.15) is 0 Å². The van der Waals surface area contributed by atoms with Gasteiger partial charge in [0.05, 0.1) is 25.4 Å². The van der Waals surface area contributed by atoms with Crippen LogP contribution in [0.3, 0.4) is 0 Å². The van der Waals surface area contributed by atoms with Gasteiger partial charge in [0.1, 0.15) is 0 Å². The molecule has 0 heterocycles. The maximum Gasteiger partial charge on any atom is 0.305 e. The van der Waals surface area contributed by atoms with Gasteiger partial charge in [-0.25, -0.2) is 0 Å². The molecule has 3 N–H and O–H groups in total. The smallest absolute Gasteiger partial charge is 0.305 e. The van der Waals surface area contributed by atoms with Gasteiger partial charge >= 0.3 is 5.97 Å². The standard InChI is InChI=1S/C66H129NO5/c1-3-5-7-9-11-13-15-16-17-18-19-20-21-22-23-24-26-29-32-35-39-42-46-50-54-58-64(69)63(62-68)67-65(70)59-55-51-47-43-40-36-33-30-27-25-28-31-34-37-41-45-49-53-57-61-72-66(71)60-56-52-48-44-38-14-12-10-8-6-4-2/h10,12,63-64,68-69H,3-9,11,13-62H2,1-2H3,(H,67,70)/b12-10-. The first-order valence-corrected chi connectivity index (χ1v) is 32.9. The number of unbranched alkanes of at least 4 members (excludes halogenated alkanes) is 49. The Kier molecular flexibility index (Phi) is 60.9. The van der Waals surface area contributed by atoms with E-state index in [1.807, 2.05) is 0 Å². The number of hydrogen-bond donors (Lipinski definition) is 3. The van der Waals surface area contributed by atoms with E-state index in [0.717, 1.165) is 44.9 Å². The molecule has 0 aliphatic carbocycles. The summed E-state index contributed by atoms with van der Waals surface area (Å²) >= 11 is 0. The Bertz CT molecular complexity index is 1080. The van der Waals surface area contributed by atoms with Crippen LogP contribution in [-0.2, 0) is 14.3 Å². The van der Waals surface area contributed by atoms with Gasteiger partial charge in [0.15, 0.2) is 0 Å². The summed E-state index contributed by atoms with van der Waals surface area (Å²) in [4.78, 5) is 24.5. The Morgan fingerprint density at radius 3 is 1.03 bits per heavy atom. The van der Waals surface area contributed by atoms with Crippen molar-refractivity contribution in [3.63, 3.8) is 0 Å². The number of amides is 1. The topological polar surface area (TPSA) is 95.9 Å². The van der Waals surface area contributed by atoms with E-state index in [-0.39, 0.29) is 18.5 Å². The van der Waals surface area contributed by atoms with Crippen molar-refractivity contribution in [3.8, 4) is 0 Å². The van der Waals surface area contributed by atoms with Crippen LogP contribution in [0.25, 0.3) is 0 Å². The Balaban J connectivity index is 3.40. The molecule has 0 fully saturated rings. The lowest BCUT2D eigenvalue weighted by molar-refractivity contribution is -0.143. The molecule has 1 amide bonds. The zero-order chi connectivity index (χ0) is 52.2. The number of hydrogen-bond acceptors (Lipinski definition) is 5. The fourth-order valence-corrected chi connectivity index (χ4v) is 10.5. The molecule has 428 valence electrons. The molecule has 0 aliphatic heterocycles. The van der Waals surface area contributed by atoms with Crippen LogP contribution in [0.2, 0.25) is 0 Å². The molecule has 0 bridgehead atoms. The summed E-state index contributed by atoms with van der Waals surface area (Å²) in [5, 5.41) is 23.4. The van der Waals surface area contributed by atoms with Crippen LogP contribution in [0.1, 0.15) is 373 Å². The van der Waals surface area contributed by atoms with Gasteiger partial charge in [0.2, 0.25) is 5.91 Å². The molecule has 2 unspecified atom stereocenters. The minimum Gasteiger partial charge on any atom is -0.466 e. The Morgan fingerprint density at radius 2 is 0.667 bits per heavy atom. The maximum atomic E-state index is 12.5. The van der Waals surface area contributed by atoms with Crippen LogP contribution in [0, 0.1) is 0 Å². The monoisotopic (exact) mass is 1020 g/mol. The zero-order valence-electron chi connectivity index (χ0n) is 48.9. The summed E-state index contributed by atoms with van der Waals surface area (Å²) in [5.74, 6) is -0.0341. The molecular weight excluding hydrogens is 887 g/mol. The van der Waals surface area contributed by atoms with Crippen molar-refractivity contribution in [1.82, 2.24) is 5.32 Å². The third kappa shape index (κ3) is 57.9. The number of aliphatic hydroxyl groups is 2. The molecule has 6 nitrogen and oxygen atoms in total. The number of allylic oxidation sites excluding steroid dienone is 2. The number of ether oxygens (including phenoxy) is 1. The quantitative estimate of drug-likeness (QED) is 0.0320. The third-order valence-electron chi connectivity index (χ3n) is 15.6. The van der Waals surface area contributed by atoms with Crippen LogP contribution in [0.15, 0.2) is 12.2 Å². The maximum absolute atomic E-state index is 12.5. The predicted octanol–water partition coefficient (Wildman–Crippen LogP) is 20.8. The van der Waals surface area contributed by atoms with Crippen molar-refractivity contribution in [2.75, 3.05) is 13.2 Å². The van der Waals surface area contributed by atoms with E-state index in [1.165, 1.54) is 295 Å². The van der Waals surface area contributed by atoms with E-state index in [0.29, 0.717) is 25.9 Å². The number of carbonyl (C=O) groups is 2. The normalized spacial score (nSPS) is 12.6. The zero-order valence-corrected chi connectivity index (χ0v) is 48.9. The predicted molar refractivity (Wildman–Crippen MR) is 315 cm³/mol. The molecule has 0 aromatic heterocycles. The van der Waals surface area contributed by atoms with Gasteiger partial charge in [-0.05, 0) is 44.9 Å². The van der Waals surface area contributed by atoms with Crippen molar-refractivity contribution < 1.29 is 24.5 Å². The summed E-state index contributed by atoms with van der Waals surface area (Å²) < 4.78 is 5.46. The molecule has 0 rings (SSSR count). The molecule has 0 aromatic rings. The Hall–Kier alpha value is -1.40. The van der Waals surface area contributed by atoms with Crippen molar-refractivity contribution in [3.05, 3.63) is 12.2 Å². The number of esters is 1. The van der Waals surface area contributed by atoms with Crippen molar-refractivity contribution in [1.29, 1.82) is 0 Å². The molecular formula is C66H129NO5. The van der Waals surface area contributed by atoms with Gasteiger partial charge in [0, 0.05) is 12.8 Å². The largest absolute Gasteiger partial charge is 0.466 e. The van der Waals surface area contributed by atoms with E-state index >= 15 is 0 Å². The van der Waals surface area contributed by atoms with Crippen molar-refractivity contribution in [2.45, 2.75) is 386 Å². The van der Waals surface area contributed by atoms with Crippen LogP contribution in [0.4, 0.5) is 0 Å². The Morgan fingerprint density at radius 1 is 0.375 bits per heavy atom. The van der Waals surface area contributed by atoms with Crippen LogP contribution in [0.5, 0.6) is 0 Å². The lowest BCUT2D eigenvalue weighted by Crippen LogP contribution is -2.45. The molecule has 0 saturated carbocycles. The summed E-state index contributed by atoms with van der Waals surface area (Å²) in [5.41, 5.74) is 0. The molecule has 2 atom stereocenters. The molecule has 0 radical (unpaired) electrons. The van der Waals surface area contributed by atoms with Crippen molar-refractivity contribution >= 4 is 11.9 Å². The van der Waals surface area contributed by atoms with Gasteiger partial charge in [0.25, 0.3) is 0 Å². The Labute approximate surface area is 450 Å². The third-order valence-corrected chi connectivity index (χ3v) is 15.6. The SMILES string of the molecule is CCCC/C=C\CCCCCCCC(=O)OCCCCCCCCCCCCCCCCCCCCCC(=O)NC(CO)C(O)CCCCCCCCCCCCCCCCCCCCCCCCCCC. The first kappa shape index (κ1) is 70.6. The number of carbonyl (C=O) groups excluding carboxylic acids is 2. The van der Waals surface area contributed by atoms with Crippen LogP contribution in [-0.4, -0.2) is 47.4 Å². The molecule has 0 saturated heterocycles. The van der Waals surface area contributed by atoms with E-state index < -0.39 is 12.1 Å². The molecule has 0 aromatic carbocycles. The molecule has 0 aliphatic rings. The minimum atomic E-state index is -0.667. The molecule has 0 spiro atoms. The average molecular weight is 1020 g/mol. The number of nitrogens with one attached hydrogen (secondary N) is 1. The second-order valence-electron chi connectivity index (χ2n) is 22.8. The van der Waals surface area contributed by atoms with Gasteiger partial charge in [-0.1, -0.05) is 328 Å². The highest BCUT2D eigenvalue weighted by atomic mass is 16.5. The highest BCUT2D eigenvalue weighted by Gasteiger charge is 2.20. The molecule has 6 heteroatoms. The van der Waals surface area contributed by atoms with E-state index in [9.17, 15) is 19.8 Å². The summed E-state index contributed by atoms with van der Waals surface area (Å²) in [7, 11) is 0. The second kappa shape index (κ2) is 62.1. The van der Waals surface area contributed by atoms with Crippen molar-refractivity contribution in [2.24, 2.45) is 0 Å². The second-order valence-corrected chi connectivity index (χ2v) is 22.8. The van der Waals surface area contributed by atoms with Gasteiger partial charge in [-0.15, -0.1) is 0 Å². The average Bonchev–Trinajstić information content (AvgIpc) is 3.38. The summed E-state index contributed by atoms with van der Waals surface area (Å²) in [6.45, 7) is 4.94. The highest BCUT2D eigenvalue weighted by molar-refractivity contribution is 5.76. The van der Waals surface area contributed by atoms with E-state index in [2.05, 4.69) is 31.3 Å². The molecule has 72 heavy (non-hydrogen) atoms. The number of rotatable bonds is 62. The van der Waals surface area contributed by atoms with Gasteiger partial charge < -0.3 is 20.3 Å². The lowest BCUT2D eigenvalue weighted by Gasteiger charge is -2.22. The summed E-state index contributed by atoms with van der Waals surface area (Å²) in [6.07, 6.45) is 75.2. The van der Waals surface area contributed by atoms with E-state index in [4.69, 9.17) is 4.74 Å². The lowest BCUT2D eigenvalue weighted by atomic mass is 10.0. The summed E-state index contributed by atoms with van der Waals surface area (Å²) in [6, 6.07) is -0.544.